The number of fused-ring (bicyclic) bond motifs is 1. The minimum Gasteiger partial charge on any atom is -0.351 e. The highest BCUT2D eigenvalue weighted by atomic mass is 35.5. The van der Waals surface area contributed by atoms with Crippen LogP contribution in [0.2, 0.25) is 5.02 Å². The van der Waals surface area contributed by atoms with E-state index < -0.39 is 23.5 Å². The number of nitrogens with one attached hydrogen (secondary N) is 3. The Hall–Kier alpha value is -2.66. The zero-order valence-electron chi connectivity index (χ0n) is 18.6. The molecule has 2 aromatic carbocycles. The lowest BCUT2D eigenvalue weighted by molar-refractivity contribution is -0.140. The van der Waals surface area contributed by atoms with Gasteiger partial charge in [-0.1, -0.05) is 35.9 Å². The first-order chi connectivity index (χ1) is 16.2. The van der Waals surface area contributed by atoms with Crippen molar-refractivity contribution in [1.82, 2.24) is 25.8 Å². The summed E-state index contributed by atoms with van der Waals surface area (Å²) in [6.07, 6.45) is -0.900. The normalized spacial score (nSPS) is 24.7. The zero-order valence-corrected chi connectivity index (χ0v) is 20.2. The fourth-order valence-electron chi connectivity index (χ4n) is 4.07. The van der Waals surface area contributed by atoms with Crippen LogP contribution in [0.5, 0.6) is 0 Å². The molecule has 0 aromatic heterocycles. The van der Waals surface area contributed by atoms with Gasteiger partial charge in [0, 0.05) is 25.7 Å². The molecule has 2 aromatic rings. The van der Waals surface area contributed by atoms with E-state index in [2.05, 4.69) is 16.0 Å². The van der Waals surface area contributed by atoms with E-state index in [0.717, 1.165) is 16.0 Å². The van der Waals surface area contributed by atoms with Crippen LogP contribution in [-0.2, 0) is 16.1 Å². The van der Waals surface area contributed by atoms with E-state index >= 15 is 0 Å². The third-order valence-electron chi connectivity index (χ3n) is 5.96. The third-order valence-corrected chi connectivity index (χ3v) is 7.43. The number of hydrogen-bond acceptors (Lipinski definition) is 6. The topological polar surface area (TPSA) is 93.8 Å². The Balaban J connectivity index is 1.47. The molecule has 2 saturated heterocycles. The molecule has 180 valence electrons. The van der Waals surface area contributed by atoms with Gasteiger partial charge < -0.3 is 10.2 Å². The molecule has 2 heterocycles. The first kappa shape index (κ1) is 24.5. The second-order valence-electron chi connectivity index (χ2n) is 8.21. The highest BCUT2D eigenvalue weighted by Gasteiger charge is 2.51. The second-order valence-corrected chi connectivity index (χ2v) is 9.78. The number of carbonyl (C=O) groups excluding carboxylic acids is 3. The molecule has 4 unspecified atom stereocenters. The van der Waals surface area contributed by atoms with Crippen molar-refractivity contribution in [2.45, 2.75) is 24.3 Å². The van der Waals surface area contributed by atoms with Gasteiger partial charge in [-0.15, -0.1) is 11.8 Å². The number of halogens is 2. The van der Waals surface area contributed by atoms with Crippen LogP contribution >= 0.6 is 23.4 Å². The van der Waals surface area contributed by atoms with E-state index in [4.69, 9.17) is 11.6 Å². The van der Waals surface area contributed by atoms with E-state index in [1.165, 1.54) is 35.8 Å². The maximum atomic E-state index is 13.1. The Morgan fingerprint density at radius 2 is 1.76 bits per heavy atom. The van der Waals surface area contributed by atoms with Crippen LogP contribution in [0.4, 0.5) is 9.18 Å². The van der Waals surface area contributed by atoms with Gasteiger partial charge in [-0.3, -0.25) is 25.1 Å². The van der Waals surface area contributed by atoms with Crippen molar-refractivity contribution in [3.63, 3.8) is 0 Å². The first-order valence-electron chi connectivity index (χ1n) is 10.7. The lowest BCUT2D eigenvalue weighted by Crippen LogP contribution is -2.72. The Morgan fingerprint density at radius 3 is 2.44 bits per heavy atom. The van der Waals surface area contributed by atoms with Gasteiger partial charge in [-0.25, -0.2) is 9.18 Å². The summed E-state index contributed by atoms with van der Waals surface area (Å²) in [5.74, 6) is -1.35. The fourth-order valence-corrected chi connectivity index (χ4v) is 5.33. The second kappa shape index (κ2) is 10.3. The van der Waals surface area contributed by atoms with Crippen molar-refractivity contribution in [2.24, 2.45) is 5.92 Å². The first-order valence-corrected chi connectivity index (χ1v) is 12.1. The number of nitrogens with zero attached hydrogens (tertiary/aromatic N) is 2. The number of benzene rings is 2. The number of carbonyl (C=O) groups is 3. The Labute approximate surface area is 206 Å². The Morgan fingerprint density at radius 1 is 1.09 bits per heavy atom. The van der Waals surface area contributed by atoms with Crippen LogP contribution in [0, 0.1) is 11.7 Å². The van der Waals surface area contributed by atoms with Crippen molar-refractivity contribution in [3.05, 3.63) is 70.5 Å². The van der Waals surface area contributed by atoms with Gasteiger partial charge in [0.05, 0.1) is 29.4 Å². The third kappa shape index (κ3) is 5.20. The number of urea groups is 1. The van der Waals surface area contributed by atoms with Gasteiger partial charge in [-0.2, -0.15) is 0 Å². The quantitative estimate of drug-likeness (QED) is 0.558. The molecule has 4 rings (SSSR count). The largest absolute Gasteiger partial charge is 0.351 e. The van der Waals surface area contributed by atoms with E-state index in [0.29, 0.717) is 5.02 Å². The number of hydrogen-bond donors (Lipinski definition) is 3. The van der Waals surface area contributed by atoms with Crippen LogP contribution < -0.4 is 16.0 Å². The predicted octanol–water partition coefficient (Wildman–Crippen LogP) is 2.51. The molecular formula is C23H25ClFN5O3S. The summed E-state index contributed by atoms with van der Waals surface area (Å²) in [5.41, 5.74) is 1.67. The summed E-state index contributed by atoms with van der Waals surface area (Å²) >= 11 is 7.33. The molecular weight excluding hydrogens is 481 g/mol. The zero-order chi connectivity index (χ0) is 24.4. The van der Waals surface area contributed by atoms with Gasteiger partial charge >= 0.3 is 6.03 Å². The van der Waals surface area contributed by atoms with Crippen LogP contribution in [0.3, 0.4) is 0 Å². The summed E-state index contributed by atoms with van der Waals surface area (Å²) in [7, 11) is 3.11. The van der Waals surface area contributed by atoms with Crippen molar-refractivity contribution in [2.75, 3.05) is 19.8 Å². The molecule has 0 radical (unpaired) electrons. The number of rotatable bonds is 6. The summed E-state index contributed by atoms with van der Waals surface area (Å²) in [6.45, 7) is 0.275. The minimum atomic E-state index is -0.592. The van der Waals surface area contributed by atoms with Crippen LogP contribution in [0.15, 0.2) is 48.5 Å². The van der Waals surface area contributed by atoms with Gasteiger partial charge in [0.15, 0.2) is 0 Å². The van der Waals surface area contributed by atoms with Crippen molar-refractivity contribution >= 4 is 41.2 Å². The van der Waals surface area contributed by atoms with Gasteiger partial charge in [0.25, 0.3) is 0 Å². The molecule has 11 heteroatoms. The maximum Gasteiger partial charge on any atom is 0.327 e. The van der Waals surface area contributed by atoms with Crippen molar-refractivity contribution in [1.29, 1.82) is 0 Å². The molecule has 8 nitrogen and oxygen atoms in total. The smallest absolute Gasteiger partial charge is 0.327 e. The van der Waals surface area contributed by atoms with Crippen molar-refractivity contribution < 1.29 is 18.8 Å². The lowest BCUT2D eigenvalue weighted by Gasteiger charge is -2.50. The minimum absolute atomic E-state index is 0.101. The number of imide groups is 1. The van der Waals surface area contributed by atoms with Gasteiger partial charge in [0.2, 0.25) is 11.8 Å². The molecule has 2 aliphatic heterocycles. The Kier molecular flexibility index (Phi) is 7.42. The Bertz CT molecular complexity index is 1070. The summed E-state index contributed by atoms with van der Waals surface area (Å²) in [6, 6.07) is 12.8. The standard InChI is InChI=1S/C23H25ClFN5O3S/c1-29-20-18(22(32)30(2)23(29)33)21(28-19(27-20)14-5-7-15(24)8-6-14)34-12-17(31)26-11-13-3-9-16(25)10-4-13/h3-10,18-21,27-28H,11-12H2,1-2H3,(H,26,31). The number of thioether (sulfide) groups is 1. The molecule has 4 atom stereocenters. The van der Waals surface area contributed by atoms with E-state index in [9.17, 15) is 18.8 Å². The summed E-state index contributed by atoms with van der Waals surface area (Å²) in [4.78, 5) is 40.7. The van der Waals surface area contributed by atoms with E-state index in [1.807, 2.05) is 12.1 Å². The van der Waals surface area contributed by atoms with Crippen LogP contribution in [-0.4, -0.2) is 59.0 Å². The molecule has 0 spiro atoms. The van der Waals surface area contributed by atoms with Gasteiger partial charge in [0.1, 0.15) is 5.82 Å². The summed E-state index contributed by atoms with van der Waals surface area (Å²) < 4.78 is 13.1. The van der Waals surface area contributed by atoms with E-state index in [-0.39, 0.29) is 36.1 Å². The number of amides is 4. The lowest BCUT2D eigenvalue weighted by atomic mass is 9.96. The highest BCUT2D eigenvalue weighted by Crippen LogP contribution is 2.34. The van der Waals surface area contributed by atoms with Gasteiger partial charge in [-0.05, 0) is 35.4 Å². The molecule has 0 bridgehead atoms. The van der Waals surface area contributed by atoms with Crippen LogP contribution in [0.25, 0.3) is 0 Å². The molecule has 0 aliphatic carbocycles. The molecule has 3 N–H and O–H groups in total. The summed E-state index contributed by atoms with van der Waals surface area (Å²) in [5, 5.41) is 9.74. The molecule has 2 fully saturated rings. The predicted molar refractivity (Wildman–Crippen MR) is 128 cm³/mol. The average Bonchev–Trinajstić information content (AvgIpc) is 2.84. The average molecular weight is 506 g/mol. The molecule has 2 aliphatic rings. The molecule has 0 saturated carbocycles. The SMILES string of the molecule is CN1C(=O)C2C(SCC(=O)NCc3ccc(F)cc3)NC(c3ccc(Cl)cc3)NC2N(C)C1=O. The maximum absolute atomic E-state index is 13.1. The van der Waals surface area contributed by atoms with Crippen LogP contribution in [0.1, 0.15) is 17.3 Å². The fraction of sp³-hybridized carbons (Fsp3) is 0.348. The van der Waals surface area contributed by atoms with Crippen molar-refractivity contribution in [3.8, 4) is 0 Å². The molecule has 34 heavy (non-hydrogen) atoms. The monoisotopic (exact) mass is 505 g/mol. The highest BCUT2D eigenvalue weighted by molar-refractivity contribution is 8.00. The molecule has 4 amide bonds. The van der Waals surface area contributed by atoms with E-state index in [1.54, 1.807) is 31.3 Å².